The summed E-state index contributed by atoms with van der Waals surface area (Å²) in [5.41, 5.74) is 3.31. The minimum absolute atomic E-state index is 0.449. The molecule has 2 rings (SSSR count). The first-order valence-electron chi connectivity index (χ1n) is 7.63. The number of hydrazine groups is 1. The van der Waals surface area contributed by atoms with E-state index in [1.54, 1.807) is 0 Å². The van der Waals surface area contributed by atoms with Gasteiger partial charge in [0.15, 0.2) is 5.82 Å². The van der Waals surface area contributed by atoms with E-state index in [1.165, 1.54) is 25.7 Å². The first-order valence-corrected chi connectivity index (χ1v) is 7.63. The molecule has 1 saturated carbocycles. The average molecular weight is 278 g/mol. The SMILES string of the molecule is CCOC(C)(CC)c1nc(NN)cc(C2CCCC2)n1. The number of hydrogen-bond donors (Lipinski definition) is 2. The Morgan fingerprint density at radius 1 is 1.35 bits per heavy atom. The van der Waals surface area contributed by atoms with Crippen molar-refractivity contribution in [3.05, 3.63) is 17.6 Å². The summed E-state index contributed by atoms with van der Waals surface area (Å²) in [4.78, 5) is 9.31. The number of nitrogens with zero attached hydrogens (tertiary/aromatic N) is 2. The number of ether oxygens (including phenoxy) is 1. The van der Waals surface area contributed by atoms with Gasteiger partial charge in [-0.1, -0.05) is 19.8 Å². The maximum atomic E-state index is 5.89. The molecule has 1 unspecified atom stereocenters. The molecular formula is C15H26N4O. The highest BCUT2D eigenvalue weighted by atomic mass is 16.5. The van der Waals surface area contributed by atoms with Gasteiger partial charge in [0.25, 0.3) is 0 Å². The fraction of sp³-hybridized carbons (Fsp3) is 0.733. The molecule has 0 amide bonds. The van der Waals surface area contributed by atoms with Crippen LogP contribution in [0, 0.1) is 0 Å². The van der Waals surface area contributed by atoms with Crippen LogP contribution in [0.1, 0.15) is 70.3 Å². The lowest BCUT2D eigenvalue weighted by Gasteiger charge is -2.27. The smallest absolute Gasteiger partial charge is 0.162 e. The molecule has 1 aliphatic carbocycles. The van der Waals surface area contributed by atoms with Gasteiger partial charge < -0.3 is 10.2 Å². The molecule has 5 heteroatoms. The minimum atomic E-state index is -0.449. The number of nitrogens with one attached hydrogen (secondary N) is 1. The highest BCUT2D eigenvalue weighted by Crippen LogP contribution is 2.35. The summed E-state index contributed by atoms with van der Waals surface area (Å²) in [6, 6.07) is 1.97. The van der Waals surface area contributed by atoms with Gasteiger partial charge in [0.1, 0.15) is 11.4 Å². The van der Waals surface area contributed by atoms with Crippen LogP contribution < -0.4 is 11.3 Å². The Labute approximate surface area is 121 Å². The zero-order valence-corrected chi connectivity index (χ0v) is 12.8. The Kier molecular flexibility index (Phi) is 4.94. The van der Waals surface area contributed by atoms with E-state index in [4.69, 9.17) is 15.6 Å². The first kappa shape index (κ1) is 15.2. The first-order chi connectivity index (χ1) is 9.62. The van der Waals surface area contributed by atoms with Crippen LogP contribution in [0.5, 0.6) is 0 Å². The van der Waals surface area contributed by atoms with Crippen LogP contribution in [-0.4, -0.2) is 16.6 Å². The molecule has 3 N–H and O–H groups in total. The summed E-state index contributed by atoms with van der Waals surface area (Å²) in [6.45, 7) is 6.78. The highest BCUT2D eigenvalue weighted by Gasteiger charge is 2.30. The molecule has 0 aromatic carbocycles. The maximum absolute atomic E-state index is 5.89. The molecule has 0 saturated heterocycles. The molecule has 1 aliphatic rings. The molecule has 0 spiro atoms. The van der Waals surface area contributed by atoms with Crippen molar-refractivity contribution in [2.75, 3.05) is 12.0 Å². The molecule has 1 atom stereocenters. The fourth-order valence-corrected chi connectivity index (χ4v) is 2.85. The van der Waals surface area contributed by atoms with E-state index in [2.05, 4.69) is 17.3 Å². The molecule has 1 aromatic rings. The molecular weight excluding hydrogens is 252 g/mol. The lowest BCUT2D eigenvalue weighted by molar-refractivity contribution is -0.0391. The van der Waals surface area contributed by atoms with E-state index < -0.39 is 5.60 Å². The van der Waals surface area contributed by atoms with Crippen LogP contribution in [0.15, 0.2) is 6.07 Å². The van der Waals surface area contributed by atoms with Crippen molar-refractivity contribution in [3.8, 4) is 0 Å². The number of nitrogens with two attached hydrogens (primary N) is 1. The second-order valence-electron chi connectivity index (χ2n) is 5.64. The van der Waals surface area contributed by atoms with E-state index in [1.807, 2.05) is 19.9 Å². The van der Waals surface area contributed by atoms with Gasteiger partial charge in [-0.3, -0.25) is 0 Å². The third kappa shape index (κ3) is 3.10. The van der Waals surface area contributed by atoms with Crippen LogP contribution in [0.4, 0.5) is 5.82 Å². The number of hydrogen-bond acceptors (Lipinski definition) is 5. The Morgan fingerprint density at radius 3 is 2.60 bits per heavy atom. The van der Waals surface area contributed by atoms with E-state index in [9.17, 15) is 0 Å². The Morgan fingerprint density at radius 2 is 2.05 bits per heavy atom. The third-order valence-electron chi connectivity index (χ3n) is 4.28. The lowest BCUT2D eigenvalue weighted by Crippen LogP contribution is -2.29. The molecule has 20 heavy (non-hydrogen) atoms. The van der Waals surface area contributed by atoms with Gasteiger partial charge in [-0.2, -0.15) is 0 Å². The Hall–Kier alpha value is -1.20. The second kappa shape index (κ2) is 6.50. The maximum Gasteiger partial charge on any atom is 0.162 e. The van der Waals surface area contributed by atoms with Crippen LogP contribution in [-0.2, 0) is 10.3 Å². The van der Waals surface area contributed by atoms with Crippen molar-refractivity contribution < 1.29 is 4.74 Å². The van der Waals surface area contributed by atoms with Crippen molar-refractivity contribution in [1.82, 2.24) is 9.97 Å². The molecule has 0 radical (unpaired) electrons. The predicted molar refractivity (Wildman–Crippen MR) is 80.3 cm³/mol. The van der Waals surface area contributed by atoms with Gasteiger partial charge in [0, 0.05) is 24.3 Å². The number of anilines is 1. The highest BCUT2D eigenvalue weighted by molar-refractivity contribution is 5.36. The zero-order valence-electron chi connectivity index (χ0n) is 12.8. The number of aromatic nitrogens is 2. The topological polar surface area (TPSA) is 73.1 Å². The average Bonchev–Trinajstić information content (AvgIpc) is 3.01. The van der Waals surface area contributed by atoms with Crippen molar-refractivity contribution in [2.45, 2.75) is 64.4 Å². The fourth-order valence-electron chi connectivity index (χ4n) is 2.85. The molecule has 5 nitrogen and oxygen atoms in total. The summed E-state index contributed by atoms with van der Waals surface area (Å²) in [5, 5.41) is 0. The van der Waals surface area contributed by atoms with E-state index in [0.29, 0.717) is 18.3 Å². The summed E-state index contributed by atoms with van der Waals surface area (Å²) in [5.74, 6) is 7.51. The van der Waals surface area contributed by atoms with Gasteiger partial charge in [-0.25, -0.2) is 15.8 Å². The summed E-state index contributed by atoms with van der Waals surface area (Å²) in [6.07, 6.45) is 5.81. The number of rotatable bonds is 6. The van der Waals surface area contributed by atoms with Crippen molar-refractivity contribution >= 4 is 5.82 Å². The summed E-state index contributed by atoms with van der Waals surface area (Å²) < 4.78 is 5.89. The molecule has 1 fully saturated rings. The van der Waals surface area contributed by atoms with Gasteiger partial charge in [0.2, 0.25) is 0 Å². The number of nitrogen functional groups attached to an aromatic ring is 1. The van der Waals surface area contributed by atoms with Crippen LogP contribution in [0.2, 0.25) is 0 Å². The van der Waals surface area contributed by atoms with Gasteiger partial charge >= 0.3 is 0 Å². The molecule has 1 heterocycles. The van der Waals surface area contributed by atoms with E-state index in [-0.39, 0.29) is 0 Å². The van der Waals surface area contributed by atoms with E-state index >= 15 is 0 Å². The second-order valence-corrected chi connectivity index (χ2v) is 5.64. The zero-order chi connectivity index (χ0) is 14.6. The van der Waals surface area contributed by atoms with Crippen molar-refractivity contribution in [3.63, 3.8) is 0 Å². The normalized spacial score (nSPS) is 19.0. The standard InChI is InChI=1S/C15H26N4O/c1-4-15(3,20-5-2)14-17-12(10-13(18-14)19-16)11-8-6-7-9-11/h10-11H,4-9,16H2,1-3H3,(H,17,18,19). The molecule has 1 aromatic heterocycles. The van der Waals surface area contributed by atoms with Crippen molar-refractivity contribution in [2.24, 2.45) is 5.84 Å². The lowest BCUT2D eigenvalue weighted by atomic mass is 9.99. The van der Waals surface area contributed by atoms with Crippen LogP contribution in [0.3, 0.4) is 0 Å². The van der Waals surface area contributed by atoms with Gasteiger partial charge in [-0.15, -0.1) is 0 Å². The third-order valence-corrected chi connectivity index (χ3v) is 4.28. The van der Waals surface area contributed by atoms with E-state index in [0.717, 1.165) is 17.9 Å². The Bertz CT molecular complexity index is 445. The van der Waals surface area contributed by atoms with Crippen LogP contribution in [0.25, 0.3) is 0 Å². The van der Waals surface area contributed by atoms with Crippen molar-refractivity contribution in [1.29, 1.82) is 0 Å². The predicted octanol–water partition coefficient (Wildman–Crippen LogP) is 3.08. The van der Waals surface area contributed by atoms with Gasteiger partial charge in [0.05, 0.1) is 0 Å². The monoisotopic (exact) mass is 278 g/mol. The largest absolute Gasteiger partial charge is 0.368 e. The quantitative estimate of drug-likeness (QED) is 0.618. The van der Waals surface area contributed by atoms with Crippen LogP contribution >= 0.6 is 0 Å². The minimum Gasteiger partial charge on any atom is -0.368 e. The summed E-state index contributed by atoms with van der Waals surface area (Å²) in [7, 11) is 0. The molecule has 0 bridgehead atoms. The molecule has 0 aliphatic heterocycles. The summed E-state index contributed by atoms with van der Waals surface area (Å²) >= 11 is 0. The Balaban J connectivity index is 2.38. The molecule has 112 valence electrons. The van der Waals surface area contributed by atoms with Gasteiger partial charge in [-0.05, 0) is 33.1 Å².